The van der Waals surface area contributed by atoms with Crippen molar-refractivity contribution >= 4 is 17.2 Å². The van der Waals surface area contributed by atoms with Gasteiger partial charge in [-0.25, -0.2) is 0 Å². The Labute approximate surface area is 111 Å². The lowest BCUT2D eigenvalue weighted by Gasteiger charge is -2.13. The number of nitrogens with two attached hydrogens (primary N) is 1. The molecule has 0 saturated carbocycles. The number of hydrogen-bond donors (Lipinski definition) is 1. The van der Waals surface area contributed by atoms with Crippen molar-refractivity contribution in [3.8, 4) is 17.9 Å². The monoisotopic (exact) mass is 261 g/mol. The van der Waals surface area contributed by atoms with Crippen molar-refractivity contribution in [3.05, 3.63) is 21.4 Å². The molecule has 1 aromatic heterocycles. The Morgan fingerprint density at radius 1 is 1.61 bits per heavy atom. The molecule has 94 valence electrons. The van der Waals surface area contributed by atoms with Crippen LogP contribution in [0.3, 0.4) is 0 Å². The zero-order valence-corrected chi connectivity index (χ0v) is 11.3. The molecule has 0 aliphatic carbocycles. The van der Waals surface area contributed by atoms with Crippen LogP contribution in [-0.2, 0) is 0 Å². The Morgan fingerprint density at radius 2 is 2.33 bits per heavy atom. The Bertz CT molecular complexity index is 531. The van der Waals surface area contributed by atoms with Gasteiger partial charge in [-0.1, -0.05) is 11.8 Å². The number of nitrogens with zero attached hydrogens (tertiary/aromatic N) is 2. The highest BCUT2D eigenvalue weighted by Gasteiger charge is 2.15. The molecule has 0 unspecified atom stereocenters. The van der Waals surface area contributed by atoms with E-state index in [2.05, 4.69) is 11.8 Å². The van der Waals surface area contributed by atoms with E-state index in [1.807, 2.05) is 19.1 Å². The Hall–Kier alpha value is -1.82. The highest BCUT2D eigenvalue weighted by atomic mass is 32.1. The smallest absolute Gasteiger partial charge is 0.263 e. The highest BCUT2D eigenvalue weighted by molar-refractivity contribution is 7.14. The van der Waals surface area contributed by atoms with Crippen LogP contribution in [0.25, 0.3) is 0 Å². The van der Waals surface area contributed by atoms with E-state index in [4.69, 9.17) is 11.0 Å². The van der Waals surface area contributed by atoms with E-state index >= 15 is 0 Å². The molecule has 1 aromatic rings. The fraction of sp³-hybridized carbons (Fsp3) is 0.385. The van der Waals surface area contributed by atoms with Crippen LogP contribution in [0, 0.1) is 30.1 Å². The molecular weight excluding hydrogens is 246 g/mol. The molecule has 5 heteroatoms. The summed E-state index contributed by atoms with van der Waals surface area (Å²) in [6.45, 7) is 2.67. The molecule has 2 N–H and O–H groups in total. The molecule has 1 amide bonds. The summed E-state index contributed by atoms with van der Waals surface area (Å²) in [5, 5.41) is 8.50. The van der Waals surface area contributed by atoms with Gasteiger partial charge in [0.1, 0.15) is 0 Å². The highest BCUT2D eigenvalue weighted by Crippen LogP contribution is 2.22. The van der Waals surface area contributed by atoms with Gasteiger partial charge in [0.05, 0.1) is 28.8 Å². The molecule has 0 aliphatic rings. The number of carbonyl (C=O) groups is 1. The average molecular weight is 261 g/mol. The Balaban J connectivity index is 2.84. The first-order valence-electron chi connectivity index (χ1n) is 5.52. The molecule has 1 rings (SSSR count). The van der Waals surface area contributed by atoms with E-state index in [9.17, 15) is 4.79 Å². The zero-order valence-electron chi connectivity index (χ0n) is 10.5. The van der Waals surface area contributed by atoms with E-state index in [-0.39, 0.29) is 5.91 Å². The summed E-state index contributed by atoms with van der Waals surface area (Å²) in [6, 6.07) is 3.85. The van der Waals surface area contributed by atoms with Crippen molar-refractivity contribution in [1.29, 1.82) is 5.26 Å². The number of thiophene rings is 1. The summed E-state index contributed by atoms with van der Waals surface area (Å²) in [5.74, 6) is 5.66. The van der Waals surface area contributed by atoms with E-state index in [0.29, 0.717) is 24.4 Å². The van der Waals surface area contributed by atoms with Crippen molar-refractivity contribution in [3.63, 3.8) is 0 Å². The minimum absolute atomic E-state index is 0.0702. The van der Waals surface area contributed by atoms with Crippen LogP contribution in [0.15, 0.2) is 6.07 Å². The Kier molecular flexibility index (Phi) is 5.38. The van der Waals surface area contributed by atoms with Gasteiger partial charge >= 0.3 is 0 Å². The normalized spacial score (nSPS) is 9.22. The first kappa shape index (κ1) is 14.2. The molecule has 0 atom stereocenters. The molecule has 0 aromatic carbocycles. The lowest BCUT2D eigenvalue weighted by molar-refractivity contribution is 0.0802. The predicted octanol–water partition coefficient (Wildman–Crippen LogP) is 1.35. The van der Waals surface area contributed by atoms with Crippen molar-refractivity contribution in [1.82, 2.24) is 4.90 Å². The summed E-state index contributed by atoms with van der Waals surface area (Å²) in [4.78, 5) is 15.1. The fourth-order valence-electron chi connectivity index (χ4n) is 1.35. The second-order valence-electron chi connectivity index (χ2n) is 3.76. The largest absolute Gasteiger partial charge is 0.340 e. The van der Waals surface area contributed by atoms with Gasteiger partial charge in [-0.05, 0) is 18.6 Å². The van der Waals surface area contributed by atoms with Gasteiger partial charge in [-0.3, -0.25) is 4.79 Å². The molecule has 0 saturated heterocycles. The van der Waals surface area contributed by atoms with Crippen molar-refractivity contribution in [2.75, 3.05) is 20.1 Å². The molecule has 0 radical (unpaired) electrons. The van der Waals surface area contributed by atoms with Crippen LogP contribution < -0.4 is 5.73 Å². The predicted molar refractivity (Wildman–Crippen MR) is 72.2 cm³/mol. The number of nitriles is 1. The van der Waals surface area contributed by atoms with Crippen LogP contribution in [0.4, 0.5) is 0 Å². The minimum atomic E-state index is -0.0702. The molecule has 1 heterocycles. The van der Waals surface area contributed by atoms with Crippen molar-refractivity contribution < 1.29 is 4.79 Å². The molecule has 18 heavy (non-hydrogen) atoms. The van der Waals surface area contributed by atoms with Gasteiger partial charge in [0.25, 0.3) is 5.91 Å². The van der Waals surface area contributed by atoms with Gasteiger partial charge in [0.15, 0.2) is 0 Å². The summed E-state index contributed by atoms with van der Waals surface area (Å²) < 4.78 is 0. The first-order valence-corrected chi connectivity index (χ1v) is 6.33. The maximum atomic E-state index is 12.0. The van der Waals surface area contributed by atoms with Gasteiger partial charge in [-0.15, -0.1) is 11.3 Å². The number of amides is 1. The van der Waals surface area contributed by atoms with Crippen LogP contribution in [0.5, 0.6) is 0 Å². The van der Waals surface area contributed by atoms with E-state index < -0.39 is 0 Å². The number of carbonyl (C=O) groups excluding carboxylic acids is 1. The average Bonchev–Trinajstić information content (AvgIpc) is 2.73. The molecule has 0 fully saturated rings. The summed E-state index contributed by atoms with van der Waals surface area (Å²) in [7, 11) is 1.69. The zero-order chi connectivity index (χ0) is 13.5. The SMILES string of the molecule is Cc1cc(C(=O)N(C)CCC#N)sc1C#CCN. The molecule has 0 aliphatic heterocycles. The first-order chi connectivity index (χ1) is 8.60. The third-order valence-electron chi connectivity index (χ3n) is 2.34. The number of aryl methyl sites for hydroxylation is 1. The maximum absolute atomic E-state index is 12.0. The van der Waals surface area contributed by atoms with Crippen LogP contribution in [0.2, 0.25) is 0 Å². The fourth-order valence-corrected chi connectivity index (χ4v) is 2.39. The van der Waals surface area contributed by atoms with Crippen LogP contribution in [-0.4, -0.2) is 30.9 Å². The van der Waals surface area contributed by atoms with E-state index in [1.165, 1.54) is 11.3 Å². The quantitative estimate of drug-likeness (QED) is 0.835. The standard InChI is InChI=1S/C13H15N3OS/c1-10-9-12(18-11(10)5-3-6-14)13(17)16(2)8-4-7-15/h9H,4,6,8,14H2,1-2H3. The molecular formula is C13H15N3OS. The summed E-state index contributed by atoms with van der Waals surface area (Å²) in [5.41, 5.74) is 6.31. The van der Waals surface area contributed by atoms with E-state index in [1.54, 1.807) is 11.9 Å². The second-order valence-corrected chi connectivity index (χ2v) is 4.82. The minimum Gasteiger partial charge on any atom is -0.340 e. The third-order valence-corrected chi connectivity index (χ3v) is 3.48. The summed E-state index contributed by atoms with van der Waals surface area (Å²) in [6.07, 6.45) is 0.340. The number of rotatable bonds is 3. The lowest BCUT2D eigenvalue weighted by atomic mass is 10.2. The van der Waals surface area contributed by atoms with Gasteiger partial charge in [-0.2, -0.15) is 5.26 Å². The van der Waals surface area contributed by atoms with Crippen LogP contribution >= 0.6 is 11.3 Å². The molecule has 0 spiro atoms. The molecule has 4 nitrogen and oxygen atoms in total. The van der Waals surface area contributed by atoms with Gasteiger partial charge in [0, 0.05) is 13.6 Å². The summed E-state index contributed by atoms with van der Waals surface area (Å²) >= 11 is 1.37. The van der Waals surface area contributed by atoms with Crippen molar-refractivity contribution in [2.24, 2.45) is 5.73 Å². The number of hydrogen-bond acceptors (Lipinski definition) is 4. The topological polar surface area (TPSA) is 70.1 Å². The second kappa shape index (κ2) is 6.80. The third kappa shape index (κ3) is 3.59. The molecule has 0 bridgehead atoms. The maximum Gasteiger partial charge on any atom is 0.263 e. The van der Waals surface area contributed by atoms with Crippen molar-refractivity contribution in [2.45, 2.75) is 13.3 Å². The van der Waals surface area contributed by atoms with E-state index in [0.717, 1.165) is 10.4 Å². The lowest BCUT2D eigenvalue weighted by Crippen LogP contribution is -2.26. The van der Waals surface area contributed by atoms with Crippen LogP contribution in [0.1, 0.15) is 26.5 Å². The van der Waals surface area contributed by atoms with Gasteiger partial charge in [0.2, 0.25) is 0 Å². The van der Waals surface area contributed by atoms with Gasteiger partial charge < -0.3 is 10.6 Å². The Morgan fingerprint density at radius 3 is 2.94 bits per heavy atom.